The van der Waals surface area contributed by atoms with E-state index in [1.54, 1.807) is 11.0 Å². The van der Waals surface area contributed by atoms with Crippen molar-refractivity contribution in [1.29, 1.82) is 0 Å². The van der Waals surface area contributed by atoms with Gasteiger partial charge in [-0.2, -0.15) is 0 Å². The Balaban J connectivity index is 1.91. The standard InChI is InChI=1S/C18H16BrFN2O/c1-2-22(11-12-6-5-7-13(20)10-12)18(23)17-16(19)14-8-3-4-9-15(14)21-17/h3-10,21H,2,11H2,1H3. The predicted molar refractivity (Wildman–Crippen MR) is 92.8 cm³/mol. The lowest BCUT2D eigenvalue weighted by atomic mass is 10.2. The van der Waals surface area contributed by atoms with Gasteiger partial charge in [0.25, 0.3) is 5.91 Å². The van der Waals surface area contributed by atoms with Gasteiger partial charge in [-0.05, 0) is 46.6 Å². The molecular formula is C18H16BrFN2O. The fraction of sp³-hybridized carbons (Fsp3) is 0.167. The highest BCUT2D eigenvalue weighted by molar-refractivity contribution is 9.10. The topological polar surface area (TPSA) is 36.1 Å². The van der Waals surface area contributed by atoms with Gasteiger partial charge >= 0.3 is 0 Å². The zero-order valence-corrected chi connectivity index (χ0v) is 14.2. The molecule has 0 saturated carbocycles. The molecule has 0 atom stereocenters. The number of halogens is 2. The Morgan fingerprint density at radius 3 is 2.70 bits per heavy atom. The average Bonchev–Trinajstić information content (AvgIpc) is 2.89. The molecule has 1 N–H and O–H groups in total. The summed E-state index contributed by atoms with van der Waals surface area (Å²) in [4.78, 5) is 17.7. The molecule has 118 valence electrons. The maximum Gasteiger partial charge on any atom is 0.271 e. The highest BCUT2D eigenvalue weighted by Crippen LogP contribution is 2.28. The van der Waals surface area contributed by atoms with Crippen LogP contribution in [0.5, 0.6) is 0 Å². The summed E-state index contributed by atoms with van der Waals surface area (Å²) in [7, 11) is 0. The Labute approximate surface area is 142 Å². The Morgan fingerprint density at radius 1 is 1.22 bits per heavy atom. The number of hydrogen-bond acceptors (Lipinski definition) is 1. The number of aromatic amines is 1. The number of fused-ring (bicyclic) bond motifs is 1. The molecule has 3 rings (SSSR count). The lowest BCUT2D eigenvalue weighted by Gasteiger charge is -2.20. The summed E-state index contributed by atoms with van der Waals surface area (Å²) in [6, 6.07) is 14.1. The molecule has 0 saturated heterocycles. The SMILES string of the molecule is CCN(Cc1cccc(F)c1)C(=O)c1[nH]c2ccccc2c1Br. The third-order valence-electron chi connectivity index (χ3n) is 3.79. The molecule has 1 aromatic heterocycles. The summed E-state index contributed by atoms with van der Waals surface area (Å²) >= 11 is 3.51. The first-order valence-electron chi connectivity index (χ1n) is 7.40. The van der Waals surface area contributed by atoms with Gasteiger partial charge in [-0.3, -0.25) is 4.79 Å². The van der Waals surface area contributed by atoms with E-state index in [2.05, 4.69) is 20.9 Å². The van der Waals surface area contributed by atoms with Gasteiger partial charge in [0.05, 0.1) is 4.47 Å². The molecule has 0 fully saturated rings. The average molecular weight is 375 g/mol. The second kappa shape index (κ2) is 6.54. The van der Waals surface area contributed by atoms with Crippen molar-refractivity contribution in [3.63, 3.8) is 0 Å². The van der Waals surface area contributed by atoms with E-state index in [0.29, 0.717) is 18.8 Å². The highest BCUT2D eigenvalue weighted by atomic mass is 79.9. The molecule has 0 bridgehead atoms. The van der Waals surface area contributed by atoms with Crippen molar-refractivity contribution < 1.29 is 9.18 Å². The number of nitrogens with zero attached hydrogens (tertiary/aromatic N) is 1. The molecule has 0 radical (unpaired) electrons. The van der Waals surface area contributed by atoms with Gasteiger partial charge < -0.3 is 9.88 Å². The Bertz CT molecular complexity index is 859. The quantitative estimate of drug-likeness (QED) is 0.703. The van der Waals surface area contributed by atoms with Crippen LogP contribution in [-0.4, -0.2) is 22.3 Å². The van der Waals surface area contributed by atoms with E-state index in [4.69, 9.17) is 0 Å². The Kier molecular flexibility index (Phi) is 4.48. The molecule has 5 heteroatoms. The molecule has 1 heterocycles. The third kappa shape index (κ3) is 3.15. The van der Waals surface area contributed by atoms with Crippen LogP contribution < -0.4 is 0 Å². The molecule has 0 aliphatic heterocycles. The van der Waals surface area contributed by atoms with Gasteiger partial charge in [0.1, 0.15) is 11.5 Å². The van der Waals surface area contributed by atoms with Crippen LogP contribution in [0, 0.1) is 5.82 Å². The second-order valence-electron chi connectivity index (χ2n) is 5.31. The van der Waals surface area contributed by atoms with Gasteiger partial charge in [-0.25, -0.2) is 4.39 Å². The molecule has 3 nitrogen and oxygen atoms in total. The van der Waals surface area contributed by atoms with Crippen LogP contribution in [0.25, 0.3) is 10.9 Å². The molecular weight excluding hydrogens is 359 g/mol. The van der Waals surface area contributed by atoms with Crippen molar-refractivity contribution in [3.8, 4) is 0 Å². The number of carbonyl (C=O) groups excluding carboxylic acids is 1. The van der Waals surface area contributed by atoms with Crippen LogP contribution in [0.3, 0.4) is 0 Å². The lowest BCUT2D eigenvalue weighted by Crippen LogP contribution is -2.30. The fourth-order valence-electron chi connectivity index (χ4n) is 2.60. The van der Waals surface area contributed by atoms with Crippen molar-refractivity contribution in [3.05, 3.63) is 70.1 Å². The minimum Gasteiger partial charge on any atom is -0.350 e. The molecule has 23 heavy (non-hydrogen) atoms. The fourth-order valence-corrected chi connectivity index (χ4v) is 3.21. The number of amides is 1. The van der Waals surface area contributed by atoms with E-state index in [1.165, 1.54) is 12.1 Å². The summed E-state index contributed by atoms with van der Waals surface area (Å²) < 4.78 is 14.1. The van der Waals surface area contributed by atoms with Gasteiger partial charge in [0, 0.05) is 24.0 Å². The first kappa shape index (κ1) is 15.7. The van der Waals surface area contributed by atoms with E-state index in [9.17, 15) is 9.18 Å². The minimum absolute atomic E-state index is 0.111. The maximum atomic E-state index is 13.3. The summed E-state index contributed by atoms with van der Waals surface area (Å²) in [6.07, 6.45) is 0. The smallest absolute Gasteiger partial charge is 0.271 e. The van der Waals surface area contributed by atoms with Gasteiger partial charge in [0.2, 0.25) is 0 Å². The van der Waals surface area contributed by atoms with E-state index in [1.807, 2.05) is 37.3 Å². The lowest BCUT2D eigenvalue weighted by molar-refractivity contribution is 0.0746. The zero-order valence-electron chi connectivity index (χ0n) is 12.6. The second-order valence-corrected chi connectivity index (χ2v) is 6.10. The largest absolute Gasteiger partial charge is 0.350 e. The van der Waals surface area contributed by atoms with Crippen LogP contribution in [0.2, 0.25) is 0 Å². The summed E-state index contributed by atoms with van der Waals surface area (Å²) in [5.74, 6) is -0.405. The molecule has 0 spiro atoms. The van der Waals surface area contributed by atoms with Crippen LogP contribution in [0.1, 0.15) is 23.0 Å². The summed E-state index contributed by atoms with van der Waals surface area (Å²) in [6.45, 7) is 2.82. The number of hydrogen-bond donors (Lipinski definition) is 1. The van der Waals surface area contributed by atoms with Crippen LogP contribution >= 0.6 is 15.9 Å². The monoisotopic (exact) mass is 374 g/mol. The van der Waals surface area contributed by atoms with Gasteiger partial charge in [0.15, 0.2) is 0 Å². The third-order valence-corrected chi connectivity index (χ3v) is 4.61. The first-order valence-corrected chi connectivity index (χ1v) is 8.19. The number of nitrogens with one attached hydrogen (secondary N) is 1. The van der Waals surface area contributed by atoms with Gasteiger partial charge in [-0.15, -0.1) is 0 Å². The molecule has 3 aromatic rings. The first-order chi connectivity index (χ1) is 11.1. The molecule has 1 amide bonds. The zero-order chi connectivity index (χ0) is 16.4. The number of rotatable bonds is 4. The number of aromatic nitrogens is 1. The number of para-hydroxylation sites is 1. The van der Waals surface area contributed by atoms with E-state index < -0.39 is 0 Å². The van der Waals surface area contributed by atoms with E-state index >= 15 is 0 Å². The van der Waals surface area contributed by atoms with Crippen molar-refractivity contribution in [2.45, 2.75) is 13.5 Å². The van der Waals surface area contributed by atoms with E-state index in [-0.39, 0.29) is 11.7 Å². The summed E-state index contributed by atoms with van der Waals surface area (Å²) in [5, 5.41) is 0.970. The normalized spacial score (nSPS) is 10.9. The maximum absolute atomic E-state index is 13.3. The number of H-pyrrole nitrogens is 1. The number of carbonyl (C=O) groups is 1. The van der Waals surface area contributed by atoms with Crippen LogP contribution in [0.15, 0.2) is 53.0 Å². The van der Waals surface area contributed by atoms with Crippen molar-refractivity contribution in [1.82, 2.24) is 9.88 Å². The highest BCUT2D eigenvalue weighted by Gasteiger charge is 2.21. The molecule has 0 aliphatic rings. The minimum atomic E-state index is -0.294. The van der Waals surface area contributed by atoms with Crippen LogP contribution in [0.4, 0.5) is 4.39 Å². The van der Waals surface area contributed by atoms with Gasteiger partial charge in [-0.1, -0.05) is 30.3 Å². The Hall–Kier alpha value is -2.14. The van der Waals surface area contributed by atoms with Crippen molar-refractivity contribution >= 4 is 32.7 Å². The van der Waals surface area contributed by atoms with Crippen molar-refractivity contribution in [2.24, 2.45) is 0 Å². The summed E-state index contributed by atoms with van der Waals surface area (Å²) in [5.41, 5.74) is 2.20. The van der Waals surface area contributed by atoms with Crippen molar-refractivity contribution in [2.75, 3.05) is 6.54 Å². The molecule has 0 unspecified atom stereocenters. The Morgan fingerprint density at radius 2 is 2.00 bits per heavy atom. The number of benzene rings is 2. The molecule has 2 aromatic carbocycles. The molecule has 0 aliphatic carbocycles. The van der Waals surface area contributed by atoms with E-state index in [0.717, 1.165) is 20.9 Å². The van der Waals surface area contributed by atoms with Crippen LogP contribution in [-0.2, 0) is 6.54 Å². The predicted octanol–water partition coefficient (Wildman–Crippen LogP) is 4.73.